The van der Waals surface area contributed by atoms with E-state index in [1.54, 1.807) is 6.20 Å². The molecule has 0 spiro atoms. The molecule has 0 saturated carbocycles. The predicted octanol–water partition coefficient (Wildman–Crippen LogP) is 4.04. The van der Waals surface area contributed by atoms with Crippen LogP contribution in [0.2, 0.25) is 0 Å². The van der Waals surface area contributed by atoms with Crippen molar-refractivity contribution in [2.45, 2.75) is 19.1 Å². The average Bonchev–Trinajstić information content (AvgIpc) is 3.53. The number of amides is 2. The molecule has 6 rings (SSSR count). The molecule has 2 aliphatic heterocycles. The highest BCUT2D eigenvalue weighted by atomic mass is 32.1. The number of H-pyrrole nitrogens is 1. The van der Waals surface area contributed by atoms with Crippen LogP contribution in [0, 0.1) is 5.92 Å². The molecule has 33 heavy (non-hydrogen) atoms. The van der Waals surface area contributed by atoms with Crippen molar-refractivity contribution < 1.29 is 14.0 Å². The first kappa shape index (κ1) is 20.4. The predicted molar refractivity (Wildman–Crippen MR) is 129 cm³/mol. The maximum Gasteiger partial charge on any atom is 0.259 e. The fourth-order valence-corrected chi connectivity index (χ4v) is 6.04. The normalized spacial score (nSPS) is 22.1. The number of para-hydroxylation sites is 1. The third-order valence-electron chi connectivity index (χ3n) is 6.85. The highest BCUT2D eigenvalue weighted by Crippen LogP contribution is 2.39. The van der Waals surface area contributed by atoms with Crippen LogP contribution in [-0.4, -0.2) is 52.6 Å². The van der Waals surface area contributed by atoms with Crippen LogP contribution >= 0.6 is 11.3 Å². The Bertz CT molecular complexity index is 1450. The number of fused-ring (bicyclic) bond motifs is 2. The molecule has 4 aromatic rings. The summed E-state index contributed by atoms with van der Waals surface area (Å²) in [4.78, 5) is 31.1. The van der Waals surface area contributed by atoms with Gasteiger partial charge in [-0.2, -0.15) is 0 Å². The fraction of sp³-hybridized carbons (Fsp3) is 0.280. The molecule has 6 nitrogen and oxygen atoms in total. The summed E-state index contributed by atoms with van der Waals surface area (Å²) in [6, 6.07) is 9.78. The topological polar surface area (TPSA) is 70.1 Å². The number of hydrogen-bond acceptors (Lipinski definition) is 4. The third kappa shape index (κ3) is 3.24. The molecular formula is C25H23FN4O2S. The summed E-state index contributed by atoms with van der Waals surface area (Å²) in [6.45, 7) is 1.84. The van der Waals surface area contributed by atoms with E-state index in [0.717, 1.165) is 39.6 Å². The molecule has 0 bridgehead atoms. The van der Waals surface area contributed by atoms with E-state index >= 15 is 0 Å². The molecule has 5 heterocycles. The molecule has 2 atom stereocenters. The number of aromatic nitrogens is 2. The van der Waals surface area contributed by atoms with Gasteiger partial charge in [-0.15, -0.1) is 11.3 Å². The lowest BCUT2D eigenvalue weighted by atomic mass is 9.95. The van der Waals surface area contributed by atoms with E-state index in [2.05, 4.69) is 10.3 Å². The molecule has 1 fully saturated rings. The highest BCUT2D eigenvalue weighted by molar-refractivity contribution is 7.17. The molecule has 0 aliphatic carbocycles. The highest BCUT2D eigenvalue weighted by Gasteiger charge is 2.36. The van der Waals surface area contributed by atoms with Gasteiger partial charge in [-0.05, 0) is 37.5 Å². The SMILES string of the molecule is CN1CCC(Cn2cc(C3=C(c4c[nH]c5ccsc45)C(=O)NC3=O)c3ccccc32)C(F)C1. The number of piperidine rings is 1. The van der Waals surface area contributed by atoms with Crippen molar-refractivity contribution in [3.05, 3.63) is 59.2 Å². The van der Waals surface area contributed by atoms with Gasteiger partial charge in [0, 0.05) is 53.4 Å². The smallest absolute Gasteiger partial charge is 0.259 e. The molecule has 1 aromatic carbocycles. The first-order valence-corrected chi connectivity index (χ1v) is 11.9. The number of carbonyl (C=O) groups is 2. The van der Waals surface area contributed by atoms with Crippen molar-refractivity contribution in [1.29, 1.82) is 0 Å². The van der Waals surface area contributed by atoms with Gasteiger partial charge in [0.25, 0.3) is 11.8 Å². The molecule has 8 heteroatoms. The molecule has 1 saturated heterocycles. The van der Waals surface area contributed by atoms with Gasteiger partial charge in [-0.3, -0.25) is 14.9 Å². The lowest BCUT2D eigenvalue weighted by Crippen LogP contribution is -2.40. The van der Waals surface area contributed by atoms with Gasteiger partial charge in [0.15, 0.2) is 0 Å². The summed E-state index contributed by atoms with van der Waals surface area (Å²) in [5.41, 5.74) is 4.08. The van der Waals surface area contributed by atoms with E-state index in [0.29, 0.717) is 29.8 Å². The summed E-state index contributed by atoms with van der Waals surface area (Å²) < 4.78 is 17.8. The van der Waals surface area contributed by atoms with Crippen molar-refractivity contribution in [2.24, 2.45) is 5.92 Å². The van der Waals surface area contributed by atoms with Crippen LogP contribution in [0.3, 0.4) is 0 Å². The molecule has 168 valence electrons. The number of thiophene rings is 1. The minimum atomic E-state index is -0.897. The quantitative estimate of drug-likeness (QED) is 0.450. The zero-order chi connectivity index (χ0) is 22.7. The third-order valence-corrected chi connectivity index (χ3v) is 7.80. The number of benzene rings is 1. The molecule has 2 aliphatic rings. The molecule has 2 unspecified atom stereocenters. The van der Waals surface area contributed by atoms with Crippen molar-refractivity contribution in [1.82, 2.24) is 19.8 Å². The number of nitrogens with one attached hydrogen (secondary N) is 2. The van der Waals surface area contributed by atoms with Gasteiger partial charge in [0.05, 0.1) is 21.4 Å². The van der Waals surface area contributed by atoms with Crippen molar-refractivity contribution in [3.63, 3.8) is 0 Å². The van der Waals surface area contributed by atoms with Gasteiger partial charge in [-0.25, -0.2) is 4.39 Å². The van der Waals surface area contributed by atoms with Crippen molar-refractivity contribution >= 4 is 55.4 Å². The number of likely N-dealkylation sites (tertiary alicyclic amines) is 1. The second kappa shape index (κ2) is 7.67. The van der Waals surface area contributed by atoms with Gasteiger partial charge in [-0.1, -0.05) is 18.2 Å². The first-order valence-electron chi connectivity index (χ1n) is 11.1. The van der Waals surface area contributed by atoms with E-state index < -0.39 is 12.1 Å². The molecular weight excluding hydrogens is 439 g/mol. The second-order valence-electron chi connectivity index (χ2n) is 8.94. The van der Waals surface area contributed by atoms with Crippen LogP contribution in [0.1, 0.15) is 17.5 Å². The van der Waals surface area contributed by atoms with Crippen LogP contribution in [0.5, 0.6) is 0 Å². The summed E-state index contributed by atoms with van der Waals surface area (Å²) >= 11 is 1.53. The van der Waals surface area contributed by atoms with E-state index in [-0.39, 0.29) is 11.8 Å². The fourth-order valence-electron chi connectivity index (χ4n) is 5.16. The number of aromatic amines is 1. The van der Waals surface area contributed by atoms with Crippen molar-refractivity contribution in [2.75, 3.05) is 20.1 Å². The Hall–Kier alpha value is -3.23. The number of halogens is 1. The second-order valence-corrected chi connectivity index (χ2v) is 9.85. The zero-order valence-corrected chi connectivity index (χ0v) is 18.9. The van der Waals surface area contributed by atoms with Gasteiger partial charge in [0.1, 0.15) is 6.17 Å². The Balaban J connectivity index is 1.51. The lowest BCUT2D eigenvalue weighted by molar-refractivity contribution is -0.122. The monoisotopic (exact) mass is 462 g/mol. The lowest BCUT2D eigenvalue weighted by Gasteiger charge is -2.32. The van der Waals surface area contributed by atoms with Crippen LogP contribution in [0.25, 0.3) is 32.3 Å². The minimum absolute atomic E-state index is 0.0900. The summed E-state index contributed by atoms with van der Waals surface area (Å²) in [5.74, 6) is -0.875. The number of imide groups is 1. The zero-order valence-electron chi connectivity index (χ0n) is 18.1. The van der Waals surface area contributed by atoms with Crippen LogP contribution in [-0.2, 0) is 16.1 Å². The van der Waals surface area contributed by atoms with Gasteiger partial charge in [0.2, 0.25) is 0 Å². The van der Waals surface area contributed by atoms with E-state index in [4.69, 9.17) is 0 Å². The molecule has 2 amide bonds. The summed E-state index contributed by atoms with van der Waals surface area (Å²) in [7, 11) is 1.95. The summed E-state index contributed by atoms with van der Waals surface area (Å²) in [6.07, 6.45) is 3.60. The summed E-state index contributed by atoms with van der Waals surface area (Å²) in [5, 5.41) is 5.34. The Morgan fingerprint density at radius 3 is 2.73 bits per heavy atom. The Morgan fingerprint density at radius 1 is 1.12 bits per heavy atom. The number of alkyl halides is 1. The first-order chi connectivity index (χ1) is 16.0. The minimum Gasteiger partial charge on any atom is -0.360 e. The maximum atomic E-state index is 14.8. The van der Waals surface area contributed by atoms with Crippen LogP contribution < -0.4 is 5.32 Å². The Morgan fingerprint density at radius 2 is 1.91 bits per heavy atom. The Kier molecular flexibility index (Phi) is 4.74. The molecule has 2 N–H and O–H groups in total. The number of carbonyl (C=O) groups excluding carboxylic acids is 2. The standard InChI is InChI=1S/C25H23FN4O2S/c1-29-8-6-14(18(26)13-29)11-30-12-17(15-4-2-3-5-20(15)30)22-21(24(31)28-25(22)32)16-10-27-19-7-9-33-23(16)19/h2-5,7,9-10,12,14,18,27H,6,8,11,13H2,1H3,(H,28,31,32). The largest absolute Gasteiger partial charge is 0.360 e. The van der Waals surface area contributed by atoms with E-state index in [1.165, 1.54) is 11.3 Å². The molecule has 0 radical (unpaired) electrons. The van der Waals surface area contributed by atoms with Crippen LogP contribution in [0.15, 0.2) is 48.1 Å². The number of hydrogen-bond donors (Lipinski definition) is 2. The molecule has 3 aromatic heterocycles. The van der Waals surface area contributed by atoms with Gasteiger partial charge < -0.3 is 14.5 Å². The van der Waals surface area contributed by atoms with E-state index in [9.17, 15) is 14.0 Å². The Labute approximate surface area is 193 Å². The van der Waals surface area contributed by atoms with Crippen molar-refractivity contribution in [3.8, 4) is 0 Å². The number of nitrogens with zero attached hydrogens (tertiary/aromatic N) is 2. The number of rotatable bonds is 4. The maximum absolute atomic E-state index is 14.8. The average molecular weight is 463 g/mol. The van der Waals surface area contributed by atoms with Crippen LogP contribution in [0.4, 0.5) is 4.39 Å². The van der Waals surface area contributed by atoms with Gasteiger partial charge >= 0.3 is 0 Å². The van der Waals surface area contributed by atoms with E-state index in [1.807, 2.05) is 58.4 Å².